The van der Waals surface area contributed by atoms with Crippen molar-refractivity contribution in [1.82, 2.24) is 15.2 Å². The third kappa shape index (κ3) is 3.89. The summed E-state index contributed by atoms with van der Waals surface area (Å²) < 4.78 is 0. The van der Waals surface area contributed by atoms with Crippen LogP contribution in [0.3, 0.4) is 0 Å². The number of carbonyl (C=O) groups is 3. The summed E-state index contributed by atoms with van der Waals surface area (Å²) in [5, 5.41) is 5.94. The maximum atomic E-state index is 12.7. The molecule has 1 saturated heterocycles. The molecule has 32 heavy (non-hydrogen) atoms. The van der Waals surface area contributed by atoms with Gasteiger partial charge in [-0.3, -0.25) is 19.8 Å². The van der Waals surface area contributed by atoms with Crippen molar-refractivity contribution in [3.63, 3.8) is 0 Å². The molecule has 0 bridgehead atoms. The van der Waals surface area contributed by atoms with Crippen LogP contribution in [0.2, 0.25) is 0 Å². The second kappa shape index (κ2) is 8.20. The number of nitrogens with zero attached hydrogens (tertiary/aromatic N) is 2. The van der Waals surface area contributed by atoms with Crippen molar-refractivity contribution in [3.8, 4) is 11.3 Å². The lowest BCUT2D eigenvalue weighted by atomic mass is 10.0. The van der Waals surface area contributed by atoms with Crippen LogP contribution >= 0.6 is 11.3 Å². The smallest absolute Gasteiger partial charge is 0.324 e. The van der Waals surface area contributed by atoms with Gasteiger partial charge in [0.2, 0.25) is 5.91 Å². The molecule has 8 heteroatoms. The number of carbonyl (C=O) groups excluding carboxylic acids is 3. The molecule has 1 aliphatic carbocycles. The minimum Gasteiger partial charge on any atom is -0.329 e. The lowest BCUT2D eigenvalue weighted by Crippen LogP contribution is -2.30. The summed E-state index contributed by atoms with van der Waals surface area (Å²) in [5.41, 5.74) is 6.07. The maximum Gasteiger partial charge on any atom is 0.324 e. The Morgan fingerprint density at radius 1 is 1.12 bits per heavy atom. The number of thiazole rings is 1. The van der Waals surface area contributed by atoms with E-state index in [1.165, 1.54) is 28.9 Å². The van der Waals surface area contributed by atoms with Gasteiger partial charge >= 0.3 is 6.03 Å². The van der Waals surface area contributed by atoms with Crippen molar-refractivity contribution >= 4 is 34.3 Å². The highest BCUT2D eigenvalue weighted by atomic mass is 32.1. The summed E-state index contributed by atoms with van der Waals surface area (Å²) in [6, 6.07) is 13.0. The van der Waals surface area contributed by atoms with E-state index in [9.17, 15) is 14.4 Å². The molecule has 3 aromatic rings. The van der Waals surface area contributed by atoms with Crippen LogP contribution in [0.5, 0.6) is 0 Å². The molecule has 2 N–H and O–H groups in total. The van der Waals surface area contributed by atoms with Crippen LogP contribution in [0.25, 0.3) is 11.3 Å². The van der Waals surface area contributed by atoms with E-state index in [0.717, 1.165) is 39.4 Å². The summed E-state index contributed by atoms with van der Waals surface area (Å²) in [5.74, 6) is -0.504. The highest BCUT2D eigenvalue weighted by Gasteiger charge is 2.28. The number of aryl methyl sites for hydroxylation is 3. The lowest BCUT2D eigenvalue weighted by molar-refractivity contribution is -0.125. The third-order valence-corrected chi connectivity index (χ3v) is 6.77. The number of aromatic nitrogens is 1. The van der Waals surface area contributed by atoms with Crippen molar-refractivity contribution < 1.29 is 14.4 Å². The van der Waals surface area contributed by atoms with Gasteiger partial charge in [0.25, 0.3) is 5.91 Å². The zero-order valence-electron chi connectivity index (χ0n) is 17.6. The Labute approximate surface area is 189 Å². The van der Waals surface area contributed by atoms with Crippen LogP contribution in [-0.4, -0.2) is 34.3 Å². The van der Waals surface area contributed by atoms with Crippen molar-refractivity contribution in [2.45, 2.75) is 32.7 Å². The predicted octanol–water partition coefficient (Wildman–Crippen LogP) is 3.91. The van der Waals surface area contributed by atoms with E-state index in [1.54, 1.807) is 24.3 Å². The summed E-state index contributed by atoms with van der Waals surface area (Å²) in [7, 11) is 0. The molecule has 0 radical (unpaired) electrons. The molecular weight excluding hydrogens is 424 g/mol. The zero-order valence-corrected chi connectivity index (χ0v) is 18.4. The fourth-order valence-corrected chi connectivity index (χ4v) is 5.00. The Hall–Kier alpha value is -3.52. The van der Waals surface area contributed by atoms with Gasteiger partial charge in [0.1, 0.15) is 0 Å². The molecule has 0 unspecified atom stereocenters. The molecule has 2 aromatic carbocycles. The Morgan fingerprint density at radius 2 is 1.91 bits per heavy atom. The second-order valence-corrected chi connectivity index (χ2v) is 9.25. The van der Waals surface area contributed by atoms with E-state index < -0.39 is 6.03 Å². The second-order valence-electron chi connectivity index (χ2n) is 8.05. The topological polar surface area (TPSA) is 91.4 Å². The number of benzene rings is 2. The van der Waals surface area contributed by atoms with Crippen molar-refractivity contribution in [1.29, 1.82) is 0 Å². The van der Waals surface area contributed by atoms with Gasteiger partial charge in [-0.15, -0.1) is 11.3 Å². The average molecular weight is 447 g/mol. The Kier molecular flexibility index (Phi) is 5.22. The number of amides is 4. The fraction of sp³-hybridized carbons (Fsp3) is 0.250. The van der Waals surface area contributed by atoms with Crippen LogP contribution in [0.1, 0.15) is 38.3 Å². The first-order valence-electron chi connectivity index (χ1n) is 10.6. The van der Waals surface area contributed by atoms with Crippen LogP contribution in [-0.2, 0) is 24.2 Å². The molecule has 4 amide bonds. The third-order valence-electron chi connectivity index (χ3n) is 5.88. The molecule has 1 aliphatic heterocycles. The Morgan fingerprint density at radius 3 is 2.66 bits per heavy atom. The monoisotopic (exact) mass is 446 g/mol. The van der Waals surface area contributed by atoms with E-state index in [2.05, 4.69) is 33.8 Å². The molecule has 0 atom stereocenters. The average Bonchev–Trinajstić information content (AvgIpc) is 3.48. The van der Waals surface area contributed by atoms with Gasteiger partial charge < -0.3 is 5.32 Å². The molecule has 0 spiro atoms. The number of rotatable bonds is 5. The minimum atomic E-state index is -0.393. The van der Waals surface area contributed by atoms with Gasteiger partial charge in [-0.25, -0.2) is 9.78 Å². The fourth-order valence-electron chi connectivity index (χ4n) is 4.17. The van der Waals surface area contributed by atoms with Gasteiger partial charge in [-0.1, -0.05) is 24.3 Å². The number of hydrogen-bond donors (Lipinski definition) is 2. The maximum absolute atomic E-state index is 12.7. The number of nitrogens with one attached hydrogen (secondary N) is 2. The van der Waals surface area contributed by atoms with Gasteiger partial charge in [0, 0.05) is 16.0 Å². The van der Waals surface area contributed by atoms with E-state index in [-0.39, 0.29) is 24.9 Å². The molecular formula is C24H22N4O3S. The first-order chi connectivity index (χ1) is 15.5. The first-order valence-corrected chi connectivity index (χ1v) is 11.4. The lowest BCUT2D eigenvalue weighted by Gasteiger charge is -2.12. The highest BCUT2D eigenvalue weighted by molar-refractivity contribution is 7.16. The van der Waals surface area contributed by atoms with E-state index in [1.807, 2.05) is 6.92 Å². The van der Waals surface area contributed by atoms with Crippen LogP contribution in [0, 0.1) is 6.92 Å². The van der Waals surface area contributed by atoms with Crippen LogP contribution < -0.4 is 10.6 Å². The van der Waals surface area contributed by atoms with Crippen LogP contribution in [0.15, 0.2) is 42.5 Å². The van der Waals surface area contributed by atoms with Crippen molar-refractivity contribution in [2.75, 3.05) is 11.9 Å². The quantitative estimate of drug-likeness (QED) is 0.582. The van der Waals surface area contributed by atoms with Crippen molar-refractivity contribution in [2.24, 2.45) is 0 Å². The van der Waals surface area contributed by atoms with E-state index >= 15 is 0 Å². The Bertz CT molecular complexity index is 1220. The van der Waals surface area contributed by atoms with Crippen molar-refractivity contribution in [3.05, 3.63) is 69.6 Å². The summed E-state index contributed by atoms with van der Waals surface area (Å²) in [6.45, 7) is 2.23. The van der Waals surface area contributed by atoms with Gasteiger partial charge in [-0.2, -0.15) is 0 Å². The van der Waals surface area contributed by atoms with Gasteiger partial charge in [0.05, 0.1) is 18.8 Å². The highest BCUT2D eigenvalue weighted by Crippen LogP contribution is 2.33. The molecule has 1 fully saturated rings. The molecule has 0 saturated carbocycles. The standard InChI is InChI=1S/C24H22N4O3S/c1-14-21(19-10-9-16-3-2-4-18(16)11-19)26-23(32-14)27-22(30)17-7-5-15(6-8-17)13-28-20(29)12-25-24(28)31/h5-11H,2-4,12-13H2,1H3,(H,25,31)(H,26,27,30). The summed E-state index contributed by atoms with van der Waals surface area (Å²) in [6.07, 6.45) is 3.46. The number of urea groups is 1. The zero-order chi connectivity index (χ0) is 22.2. The van der Waals surface area contributed by atoms with Crippen LogP contribution in [0.4, 0.5) is 9.93 Å². The SMILES string of the molecule is Cc1sc(NC(=O)c2ccc(CN3C(=O)CNC3=O)cc2)nc1-c1ccc2c(c1)CCC2. The molecule has 2 aliphatic rings. The molecule has 5 rings (SSSR count). The first kappa shape index (κ1) is 20.4. The molecule has 162 valence electrons. The summed E-state index contributed by atoms with van der Waals surface area (Å²) >= 11 is 1.46. The predicted molar refractivity (Wildman–Crippen MR) is 123 cm³/mol. The van der Waals surface area contributed by atoms with Gasteiger partial charge in [0.15, 0.2) is 5.13 Å². The van der Waals surface area contributed by atoms with E-state index in [0.29, 0.717) is 10.7 Å². The normalized spacial score (nSPS) is 15.1. The van der Waals surface area contributed by atoms with E-state index in [4.69, 9.17) is 0 Å². The number of anilines is 1. The Balaban J connectivity index is 1.27. The number of hydrogen-bond acceptors (Lipinski definition) is 5. The van der Waals surface area contributed by atoms with Gasteiger partial charge in [-0.05, 0) is 61.1 Å². The molecule has 7 nitrogen and oxygen atoms in total. The number of imide groups is 1. The largest absolute Gasteiger partial charge is 0.329 e. The minimum absolute atomic E-state index is 0.0278. The molecule has 1 aromatic heterocycles. The summed E-state index contributed by atoms with van der Waals surface area (Å²) in [4.78, 5) is 43.0. The number of fused-ring (bicyclic) bond motifs is 1. The molecule has 2 heterocycles.